The Labute approximate surface area is 148 Å². The molecular formula is C20H23NO4. The monoisotopic (exact) mass is 341 g/mol. The molecule has 0 heterocycles. The SMILES string of the molecule is Cc1ccc(OCC(=O)O[C@H](C)C(=O)NCc2ccccc2)c(C)c1. The van der Waals surface area contributed by atoms with Crippen molar-refractivity contribution in [2.75, 3.05) is 6.61 Å². The molecule has 5 heteroatoms. The summed E-state index contributed by atoms with van der Waals surface area (Å²) in [6.07, 6.45) is -0.876. The second kappa shape index (κ2) is 8.87. The van der Waals surface area contributed by atoms with Crippen molar-refractivity contribution >= 4 is 11.9 Å². The fourth-order valence-electron chi connectivity index (χ4n) is 2.31. The Bertz CT molecular complexity index is 728. The molecule has 2 aromatic carbocycles. The summed E-state index contributed by atoms with van der Waals surface area (Å²) in [5, 5.41) is 2.74. The van der Waals surface area contributed by atoms with E-state index >= 15 is 0 Å². The summed E-state index contributed by atoms with van der Waals surface area (Å²) in [4.78, 5) is 23.8. The van der Waals surface area contributed by atoms with E-state index < -0.39 is 12.1 Å². The van der Waals surface area contributed by atoms with E-state index in [1.54, 1.807) is 0 Å². The molecule has 0 bridgehead atoms. The Hall–Kier alpha value is -2.82. The summed E-state index contributed by atoms with van der Waals surface area (Å²) in [6.45, 7) is 5.59. The van der Waals surface area contributed by atoms with Gasteiger partial charge in [-0.3, -0.25) is 4.79 Å². The van der Waals surface area contributed by atoms with E-state index in [4.69, 9.17) is 9.47 Å². The van der Waals surface area contributed by atoms with E-state index in [-0.39, 0.29) is 12.5 Å². The zero-order valence-electron chi connectivity index (χ0n) is 14.7. The second-order valence-corrected chi connectivity index (χ2v) is 5.89. The number of aryl methyl sites for hydroxylation is 2. The fraction of sp³-hybridized carbons (Fsp3) is 0.300. The van der Waals surface area contributed by atoms with Crippen LogP contribution in [0.25, 0.3) is 0 Å². The fourth-order valence-corrected chi connectivity index (χ4v) is 2.31. The standard InChI is InChI=1S/C20H23NO4/c1-14-9-10-18(15(2)11-14)24-13-19(22)25-16(3)20(23)21-12-17-7-5-4-6-8-17/h4-11,16H,12-13H2,1-3H3,(H,21,23)/t16-/m1/s1. The highest BCUT2D eigenvalue weighted by Crippen LogP contribution is 2.18. The number of esters is 1. The molecule has 0 aliphatic carbocycles. The molecule has 25 heavy (non-hydrogen) atoms. The number of carbonyl (C=O) groups is 2. The summed E-state index contributed by atoms with van der Waals surface area (Å²) in [6, 6.07) is 15.2. The molecule has 0 saturated carbocycles. The Morgan fingerprint density at radius 2 is 1.80 bits per heavy atom. The third-order valence-corrected chi connectivity index (χ3v) is 3.66. The number of nitrogens with one attached hydrogen (secondary N) is 1. The highest BCUT2D eigenvalue weighted by Gasteiger charge is 2.18. The van der Waals surface area contributed by atoms with Gasteiger partial charge in [0.1, 0.15) is 5.75 Å². The van der Waals surface area contributed by atoms with Crippen molar-refractivity contribution < 1.29 is 19.1 Å². The van der Waals surface area contributed by atoms with Gasteiger partial charge >= 0.3 is 5.97 Å². The van der Waals surface area contributed by atoms with E-state index in [0.29, 0.717) is 12.3 Å². The van der Waals surface area contributed by atoms with Crippen molar-refractivity contribution in [1.29, 1.82) is 0 Å². The lowest BCUT2D eigenvalue weighted by Gasteiger charge is -2.14. The lowest BCUT2D eigenvalue weighted by Crippen LogP contribution is -2.36. The number of rotatable bonds is 7. The number of amides is 1. The molecule has 0 fully saturated rings. The van der Waals surface area contributed by atoms with E-state index in [2.05, 4.69) is 5.32 Å². The van der Waals surface area contributed by atoms with Gasteiger partial charge < -0.3 is 14.8 Å². The average Bonchev–Trinajstić information content (AvgIpc) is 2.59. The van der Waals surface area contributed by atoms with Crippen LogP contribution < -0.4 is 10.1 Å². The molecule has 0 unspecified atom stereocenters. The summed E-state index contributed by atoms with van der Waals surface area (Å²) in [7, 11) is 0. The van der Waals surface area contributed by atoms with Crippen molar-refractivity contribution in [3.63, 3.8) is 0 Å². The van der Waals surface area contributed by atoms with E-state index in [1.807, 2.05) is 62.4 Å². The van der Waals surface area contributed by atoms with Gasteiger partial charge in [-0.05, 0) is 38.0 Å². The molecular weight excluding hydrogens is 318 g/mol. The van der Waals surface area contributed by atoms with Gasteiger partial charge in [0.15, 0.2) is 12.7 Å². The lowest BCUT2D eigenvalue weighted by molar-refractivity contribution is -0.156. The van der Waals surface area contributed by atoms with Crippen LogP contribution in [0.3, 0.4) is 0 Å². The van der Waals surface area contributed by atoms with Crippen LogP contribution in [0, 0.1) is 13.8 Å². The molecule has 1 N–H and O–H groups in total. The predicted molar refractivity (Wildman–Crippen MR) is 95.3 cm³/mol. The van der Waals surface area contributed by atoms with Crippen LogP contribution in [0.1, 0.15) is 23.6 Å². The first-order valence-corrected chi connectivity index (χ1v) is 8.17. The summed E-state index contributed by atoms with van der Waals surface area (Å²) < 4.78 is 10.6. The van der Waals surface area contributed by atoms with Crippen molar-refractivity contribution in [2.24, 2.45) is 0 Å². The van der Waals surface area contributed by atoms with Crippen LogP contribution in [-0.2, 0) is 20.9 Å². The van der Waals surface area contributed by atoms with Crippen LogP contribution in [0.2, 0.25) is 0 Å². The Morgan fingerprint density at radius 3 is 2.48 bits per heavy atom. The third-order valence-electron chi connectivity index (χ3n) is 3.66. The molecule has 132 valence electrons. The average molecular weight is 341 g/mol. The van der Waals surface area contributed by atoms with Gasteiger partial charge in [0.2, 0.25) is 0 Å². The minimum atomic E-state index is -0.876. The molecule has 2 rings (SSSR count). The predicted octanol–water partition coefficient (Wildman–Crippen LogP) is 2.93. The largest absolute Gasteiger partial charge is 0.482 e. The summed E-state index contributed by atoms with van der Waals surface area (Å²) in [5.41, 5.74) is 3.05. The van der Waals surface area contributed by atoms with Gasteiger partial charge in [-0.2, -0.15) is 0 Å². The molecule has 2 aromatic rings. The molecule has 5 nitrogen and oxygen atoms in total. The maximum Gasteiger partial charge on any atom is 0.344 e. The van der Waals surface area contributed by atoms with Gasteiger partial charge in [-0.1, -0.05) is 48.0 Å². The van der Waals surface area contributed by atoms with Crippen molar-refractivity contribution in [2.45, 2.75) is 33.4 Å². The smallest absolute Gasteiger partial charge is 0.344 e. The number of benzene rings is 2. The molecule has 1 atom stereocenters. The van der Waals surface area contributed by atoms with Crippen LogP contribution in [0.4, 0.5) is 0 Å². The van der Waals surface area contributed by atoms with Gasteiger partial charge in [0.05, 0.1) is 0 Å². The Balaban J connectivity index is 1.76. The molecule has 1 amide bonds. The maximum absolute atomic E-state index is 12.0. The lowest BCUT2D eigenvalue weighted by atomic mass is 10.1. The van der Waals surface area contributed by atoms with Crippen molar-refractivity contribution in [1.82, 2.24) is 5.32 Å². The topological polar surface area (TPSA) is 64.6 Å². The molecule has 0 spiro atoms. The third kappa shape index (κ3) is 5.95. The van der Waals surface area contributed by atoms with E-state index in [0.717, 1.165) is 16.7 Å². The van der Waals surface area contributed by atoms with Gasteiger partial charge in [0.25, 0.3) is 5.91 Å². The Morgan fingerprint density at radius 1 is 1.08 bits per heavy atom. The molecule has 0 aliphatic heterocycles. The number of ether oxygens (including phenoxy) is 2. The minimum Gasteiger partial charge on any atom is -0.482 e. The first-order chi connectivity index (χ1) is 12.0. The van der Waals surface area contributed by atoms with Crippen LogP contribution in [0.5, 0.6) is 5.75 Å². The molecule has 0 saturated heterocycles. The quantitative estimate of drug-likeness (QED) is 0.787. The highest BCUT2D eigenvalue weighted by molar-refractivity contribution is 5.83. The highest BCUT2D eigenvalue weighted by atomic mass is 16.6. The number of carbonyl (C=O) groups excluding carboxylic acids is 2. The van der Waals surface area contributed by atoms with Gasteiger partial charge in [-0.25, -0.2) is 4.79 Å². The summed E-state index contributed by atoms with van der Waals surface area (Å²) in [5.74, 6) is -0.296. The summed E-state index contributed by atoms with van der Waals surface area (Å²) >= 11 is 0. The minimum absolute atomic E-state index is 0.236. The van der Waals surface area contributed by atoms with Crippen LogP contribution in [-0.4, -0.2) is 24.6 Å². The van der Waals surface area contributed by atoms with Gasteiger partial charge in [0, 0.05) is 6.54 Å². The normalized spacial score (nSPS) is 11.5. The maximum atomic E-state index is 12.0. The van der Waals surface area contributed by atoms with Crippen LogP contribution >= 0.6 is 0 Å². The first-order valence-electron chi connectivity index (χ1n) is 8.17. The van der Waals surface area contributed by atoms with E-state index in [1.165, 1.54) is 6.92 Å². The zero-order valence-corrected chi connectivity index (χ0v) is 14.7. The van der Waals surface area contributed by atoms with Crippen LogP contribution in [0.15, 0.2) is 48.5 Å². The second-order valence-electron chi connectivity index (χ2n) is 5.89. The number of hydrogen-bond acceptors (Lipinski definition) is 4. The van der Waals surface area contributed by atoms with Crippen molar-refractivity contribution in [3.05, 3.63) is 65.2 Å². The number of hydrogen-bond donors (Lipinski definition) is 1. The van der Waals surface area contributed by atoms with E-state index in [9.17, 15) is 9.59 Å². The van der Waals surface area contributed by atoms with Crippen molar-refractivity contribution in [3.8, 4) is 5.75 Å². The molecule has 0 aromatic heterocycles. The molecule has 0 radical (unpaired) electrons. The first kappa shape index (κ1) is 18.5. The van der Waals surface area contributed by atoms with Gasteiger partial charge in [-0.15, -0.1) is 0 Å². The zero-order chi connectivity index (χ0) is 18.2. The Kier molecular flexibility index (Phi) is 6.57. The molecule has 0 aliphatic rings.